The molecule has 0 saturated heterocycles. The van der Waals surface area contributed by atoms with Crippen molar-refractivity contribution in [1.29, 1.82) is 0 Å². The Morgan fingerprint density at radius 3 is 2.19 bits per heavy atom. The Hall–Kier alpha value is -2.66. The van der Waals surface area contributed by atoms with Crippen LogP contribution >= 0.6 is 0 Å². The molecule has 3 rings (SSSR count). The number of nitrogens with zero attached hydrogens (tertiary/aromatic N) is 2. The molecule has 0 aromatic heterocycles. The van der Waals surface area contributed by atoms with Crippen molar-refractivity contribution in [2.45, 2.75) is 45.0 Å². The lowest BCUT2D eigenvalue weighted by Gasteiger charge is -2.41. The van der Waals surface area contributed by atoms with Gasteiger partial charge in [-0.3, -0.25) is 4.79 Å². The Labute approximate surface area is 160 Å². The van der Waals surface area contributed by atoms with Gasteiger partial charge in [-0.1, -0.05) is 60.7 Å². The molecular formula is C22H26N2O3. The monoisotopic (exact) mass is 366 g/mol. The van der Waals surface area contributed by atoms with Crippen LogP contribution in [0.2, 0.25) is 0 Å². The van der Waals surface area contributed by atoms with Gasteiger partial charge in [0.25, 0.3) is 5.91 Å². The van der Waals surface area contributed by atoms with E-state index in [-0.39, 0.29) is 18.0 Å². The molecule has 5 heteroatoms. The summed E-state index contributed by atoms with van der Waals surface area (Å²) in [5.41, 5.74) is 1.70. The number of benzene rings is 2. The third-order valence-corrected chi connectivity index (χ3v) is 4.98. The van der Waals surface area contributed by atoms with Crippen LogP contribution in [0.1, 0.15) is 44.0 Å². The van der Waals surface area contributed by atoms with E-state index in [0.717, 1.165) is 5.56 Å². The van der Waals surface area contributed by atoms with Crippen molar-refractivity contribution in [3.05, 3.63) is 71.8 Å². The summed E-state index contributed by atoms with van der Waals surface area (Å²) in [4.78, 5) is 19.6. The van der Waals surface area contributed by atoms with Crippen LogP contribution in [0.4, 0.5) is 0 Å². The molecule has 2 aromatic carbocycles. The number of carbonyl (C=O) groups is 1. The van der Waals surface area contributed by atoms with E-state index in [1.165, 1.54) is 0 Å². The highest BCUT2D eigenvalue weighted by Gasteiger charge is 2.42. The Kier molecular flexibility index (Phi) is 5.91. The Morgan fingerprint density at radius 1 is 1.07 bits per heavy atom. The molecule has 1 N–H and O–H groups in total. The van der Waals surface area contributed by atoms with Gasteiger partial charge in [0.1, 0.15) is 12.1 Å². The van der Waals surface area contributed by atoms with Crippen LogP contribution in [-0.2, 0) is 9.53 Å². The predicted molar refractivity (Wildman–Crippen MR) is 105 cm³/mol. The van der Waals surface area contributed by atoms with Gasteiger partial charge in [-0.2, -0.15) is 0 Å². The topological polar surface area (TPSA) is 62.1 Å². The first-order valence-corrected chi connectivity index (χ1v) is 9.35. The van der Waals surface area contributed by atoms with Gasteiger partial charge in [0, 0.05) is 0 Å². The van der Waals surface area contributed by atoms with Crippen LogP contribution in [0.25, 0.3) is 0 Å². The molecule has 1 aliphatic rings. The average molecular weight is 366 g/mol. The first-order chi connectivity index (χ1) is 13.0. The lowest BCUT2D eigenvalue weighted by Crippen LogP contribution is -2.54. The molecule has 0 aliphatic carbocycles. The largest absolute Gasteiger partial charge is 0.480 e. The minimum absolute atomic E-state index is 0.162. The summed E-state index contributed by atoms with van der Waals surface area (Å²) in [5.74, 6) is 0.290. The molecule has 27 heavy (non-hydrogen) atoms. The zero-order valence-corrected chi connectivity index (χ0v) is 15.9. The van der Waals surface area contributed by atoms with Crippen molar-refractivity contribution in [2.75, 3.05) is 6.61 Å². The maximum atomic E-state index is 13.3. The molecule has 1 aliphatic heterocycles. The van der Waals surface area contributed by atoms with Crippen molar-refractivity contribution in [2.24, 2.45) is 4.99 Å². The molecule has 0 fully saturated rings. The van der Waals surface area contributed by atoms with E-state index in [0.29, 0.717) is 18.1 Å². The summed E-state index contributed by atoms with van der Waals surface area (Å²) in [6.07, 6.45) is -1.02. The van der Waals surface area contributed by atoms with Gasteiger partial charge in [-0.25, -0.2) is 4.99 Å². The van der Waals surface area contributed by atoms with Crippen molar-refractivity contribution in [1.82, 2.24) is 4.90 Å². The van der Waals surface area contributed by atoms with Crippen LogP contribution in [0.3, 0.4) is 0 Å². The third-order valence-electron chi connectivity index (χ3n) is 4.98. The molecule has 1 heterocycles. The molecule has 0 saturated carbocycles. The quantitative estimate of drug-likeness (QED) is 0.881. The van der Waals surface area contributed by atoms with Gasteiger partial charge < -0.3 is 14.7 Å². The van der Waals surface area contributed by atoms with Crippen molar-refractivity contribution in [3.63, 3.8) is 0 Å². The van der Waals surface area contributed by atoms with Gasteiger partial charge in [0.05, 0.1) is 12.6 Å². The van der Waals surface area contributed by atoms with Crippen molar-refractivity contribution >= 4 is 11.8 Å². The normalized spacial score (nSPS) is 22.1. The second-order valence-corrected chi connectivity index (χ2v) is 6.71. The second kappa shape index (κ2) is 8.35. The summed E-state index contributed by atoms with van der Waals surface area (Å²) < 4.78 is 5.72. The average Bonchev–Trinajstić information content (AvgIpc) is 2.71. The van der Waals surface area contributed by atoms with E-state index >= 15 is 0 Å². The van der Waals surface area contributed by atoms with E-state index < -0.39 is 12.1 Å². The number of amides is 1. The van der Waals surface area contributed by atoms with Crippen LogP contribution < -0.4 is 0 Å². The molecule has 0 spiro atoms. The molecule has 0 bridgehead atoms. The molecule has 4 atom stereocenters. The van der Waals surface area contributed by atoms with Crippen molar-refractivity contribution in [3.8, 4) is 0 Å². The molecule has 1 amide bonds. The number of carbonyl (C=O) groups excluding carboxylic acids is 1. The number of aliphatic hydroxyl groups is 1. The van der Waals surface area contributed by atoms with Crippen LogP contribution in [0.15, 0.2) is 65.7 Å². The summed E-state index contributed by atoms with van der Waals surface area (Å²) in [6.45, 7) is 6.25. The highest BCUT2D eigenvalue weighted by molar-refractivity contribution is 5.96. The summed E-state index contributed by atoms with van der Waals surface area (Å²) >= 11 is 0. The first kappa shape index (κ1) is 19.1. The van der Waals surface area contributed by atoms with Gasteiger partial charge in [-0.05, 0) is 31.9 Å². The Morgan fingerprint density at radius 2 is 1.63 bits per heavy atom. The number of aliphatic imine (C=N–C) groups is 1. The molecular weight excluding hydrogens is 340 g/mol. The fourth-order valence-corrected chi connectivity index (χ4v) is 3.53. The lowest BCUT2D eigenvalue weighted by atomic mass is 9.96. The van der Waals surface area contributed by atoms with Gasteiger partial charge >= 0.3 is 0 Å². The van der Waals surface area contributed by atoms with Gasteiger partial charge in [0.15, 0.2) is 6.04 Å². The number of hydrogen-bond donors (Lipinski definition) is 1. The smallest absolute Gasteiger partial charge is 0.251 e. The first-order valence-electron chi connectivity index (χ1n) is 9.35. The summed E-state index contributed by atoms with van der Waals surface area (Å²) in [7, 11) is 0. The van der Waals surface area contributed by atoms with Gasteiger partial charge in [0.2, 0.25) is 5.90 Å². The highest BCUT2D eigenvalue weighted by Crippen LogP contribution is 2.31. The Balaban J connectivity index is 1.97. The van der Waals surface area contributed by atoms with Crippen LogP contribution in [0, 0.1) is 0 Å². The maximum absolute atomic E-state index is 13.3. The lowest BCUT2D eigenvalue weighted by molar-refractivity contribution is -0.140. The van der Waals surface area contributed by atoms with Crippen LogP contribution in [0.5, 0.6) is 0 Å². The van der Waals surface area contributed by atoms with E-state index in [1.54, 1.807) is 17.0 Å². The molecule has 142 valence electrons. The SMILES string of the molecule is CCOC1=N[C@H]([C@@H](O)c2ccccc2)C(=O)N([C@@H](C)c2ccccc2)[C@@H]1C. The molecule has 0 radical (unpaired) electrons. The summed E-state index contributed by atoms with van der Waals surface area (Å²) in [5, 5.41) is 10.8. The number of aliphatic hydroxyl groups excluding tert-OH is 1. The standard InChI is InChI=1S/C22H26N2O3/c1-4-27-21-16(3)24(15(2)17-11-7-5-8-12-17)22(26)19(23-21)20(25)18-13-9-6-10-14-18/h5-16,19-20,25H,4H2,1-3H3/t15-,16+,19+,20-/m0/s1. The number of ether oxygens (including phenoxy) is 1. The van der Waals surface area contributed by atoms with E-state index in [4.69, 9.17) is 4.74 Å². The van der Waals surface area contributed by atoms with Crippen molar-refractivity contribution < 1.29 is 14.6 Å². The fraction of sp³-hybridized carbons (Fsp3) is 0.364. The highest BCUT2D eigenvalue weighted by atomic mass is 16.5. The number of rotatable bonds is 5. The molecule has 0 unspecified atom stereocenters. The summed E-state index contributed by atoms with van der Waals surface area (Å²) in [6, 6.07) is 17.6. The van der Waals surface area contributed by atoms with E-state index in [1.807, 2.05) is 69.3 Å². The second-order valence-electron chi connectivity index (χ2n) is 6.71. The van der Waals surface area contributed by atoms with Crippen LogP contribution in [-0.4, -0.2) is 40.5 Å². The van der Waals surface area contributed by atoms with E-state index in [2.05, 4.69) is 4.99 Å². The minimum Gasteiger partial charge on any atom is -0.480 e. The Bertz CT molecular complexity index is 792. The molecule has 2 aromatic rings. The maximum Gasteiger partial charge on any atom is 0.251 e. The number of hydrogen-bond acceptors (Lipinski definition) is 4. The fourth-order valence-electron chi connectivity index (χ4n) is 3.53. The predicted octanol–water partition coefficient (Wildman–Crippen LogP) is 3.52. The zero-order chi connectivity index (χ0) is 19.4. The zero-order valence-electron chi connectivity index (χ0n) is 15.9. The van der Waals surface area contributed by atoms with Gasteiger partial charge in [-0.15, -0.1) is 0 Å². The molecule has 5 nitrogen and oxygen atoms in total. The minimum atomic E-state index is -1.02. The van der Waals surface area contributed by atoms with E-state index in [9.17, 15) is 9.90 Å². The third kappa shape index (κ3) is 3.88.